The van der Waals surface area contributed by atoms with Crippen LogP contribution < -0.4 is 4.90 Å². The summed E-state index contributed by atoms with van der Waals surface area (Å²) in [7, 11) is 0. The molecule has 1 saturated carbocycles. The van der Waals surface area contributed by atoms with Gasteiger partial charge in [0.2, 0.25) is 0 Å². The van der Waals surface area contributed by atoms with Crippen molar-refractivity contribution in [3.8, 4) is 22.3 Å². The molecule has 1 aromatic heterocycles. The minimum Gasteiger partial charge on any atom is -0.455 e. The van der Waals surface area contributed by atoms with E-state index in [1.165, 1.54) is 76.7 Å². The Morgan fingerprint density at radius 3 is 1.98 bits per heavy atom. The average Bonchev–Trinajstić information content (AvgIpc) is 3.68. The molecule has 0 amide bonds. The van der Waals surface area contributed by atoms with Gasteiger partial charge >= 0.3 is 0 Å². The van der Waals surface area contributed by atoms with Crippen LogP contribution in [-0.4, -0.2) is 0 Å². The minimum absolute atomic E-state index is 0.0705. The number of fused-ring (bicyclic) bond motifs is 8. The Morgan fingerprint density at radius 1 is 0.510 bits per heavy atom. The van der Waals surface area contributed by atoms with Crippen LogP contribution in [0.15, 0.2) is 150 Å². The van der Waals surface area contributed by atoms with E-state index in [0.29, 0.717) is 5.92 Å². The van der Waals surface area contributed by atoms with Gasteiger partial charge in [-0.05, 0) is 100.0 Å². The molecule has 10 rings (SSSR count). The van der Waals surface area contributed by atoms with Gasteiger partial charge in [-0.25, -0.2) is 0 Å². The second kappa shape index (κ2) is 11.7. The minimum atomic E-state index is -0.0705. The van der Waals surface area contributed by atoms with Crippen LogP contribution in [0.25, 0.3) is 55.0 Å². The molecule has 0 saturated heterocycles. The van der Waals surface area contributed by atoms with E-state index in [2.05, 4.69) is 164 Å². The van der Waals surface area contributed by atoms with Gasteiger partial charge in [-0.2, -0.15) is 0 Å². The number of hydrogen-bond acceptors (Lipinski definition) is 2. The molecule has 8 aromatic rings. The third-order valence-corrected chi connectivity index (χ3v) is 11.9. The molecule has 0 bridgehead atoms. The monoisotopic (exact) mass is 659 g/mol. The molecule has 0 radical (unpaired) electrons. The molecular weight excluding hydrogens is 619 g/mol. The van der Waals surface area contributed by atoms with E-state index in [9.17, 15) is 0 Å². The predicted molar refractivity (Wildman–Crippen MR) is 215 cm³/mol. The van der Waals surface area contributed by atoms with Crippen molar-refractivity contribution in [2.75, 3.05) is 4.90 Å². The molecule has 1 heterocycles. The Balaban J connectivity index is 1.08. The van der Waals surface area contributed by atoms with Crippen molar-refractivity contribution in [3.63, 3.8) is 0 Å². The number of nitrogens with zero attached hydrogens (tertiary/aromatic N) is 1. The second-order valence-corrected chi connectivity index (χ2v) is 15.2. The molecule has 2 heteroatoms. The molecule has 2 aliphatic carbocycles. The zero-order valence-electron chi connectivity index (χ0n) is 29.3. The van der Waals surface area contributed by atoms with Gasteiger partial charge in [0.15, 0.2) is 0 Å². The SMILES string of the molecule is CC1(C)c2ccccc2-c2ccc(N(c3ccc(-c4cccc5c4oc4c6ccccc6ccc54)cc3)c3ccc(C4CCCCC4)cc3)cc21. The van der Waals surface area contributed by atoms with E-state index in [1.54, 1.807) is 0 Å². The lowest BCUT2D eigenvalue weighted by molar-refractivity contribution is 0.443. The molecule has 0 N–H and O–H groups in total. The van der Waals surface area contributed by atoms with Crippen molar-refractivity contribution in [2.45, 2.75) is 57.3 Å². The largest absolute Gasteiger partial charge is 0.455 e. The third-order valence-electron chi connectivity index (χ3n) is 11.9. The normalized spacial score (nSPS) is 15.3. The summed E-state index contributed by atoms with van der Waals surface area (Å²) in [4.78, 5) is 2.43. The summed E-state index contributed by atoms with van der Waals surface area (Å²) < 4.78 is 6.71. The first-order valence-electron chi connectivity index (χ1n) is 18.6. The van der Waals surface area contributed by atoms with Crippen LogP contribution in [0.2, 0.25) is 0 Å². The Bertz CT molecular complexity index is 2580. The van der Waals surface area contributed by atoms with Gasteiger partial charge in [-0.1, -0.05) is 136 Å². The molecule has 0 spiro atoms. The van der Waals surface area contributed by atoms with Gasteiger partial charge in [0.05, 0.1) is 0 Å². The summed E-state index contributed by atoms with van der Waals surface area (Å²) in [5, 5.41) is 4.66. The summed E-state index contributed by atoms with van der Waals surface area (Å²) in [5.41, 5.74) is 14.5. The number of benzene rings is 7. The Hall–Kier alpha value is -5.60. The first-order valence-corrected chi connectivity index (χ1v) is 18.6. The molecule has 7 aromatic carbocycles. The first kappa shape index (κ1) is 30.2. The zero-order chi connectivity index (χ0) is 34.1. The topological polar surface area (TPSA) is 16.4 Å². The summed E-state index contributed by atoms with van der Waals surface area (Å²) in [5.74, 6) is 0.679. The third kappa shape index (κ3) is 4.84. The number of hydrogen-bond donors (Lipinski definition) is 0. The van der Waals surface area contributed by atoms with Crippen LogP contribution in [0, 0.1) is 0 Å². The molecule has 248 valence electrons. The van der Waals surface area contributed by atoms with E-state index in [-0.39, 0.29) is 5.41 Å². The molecule has 0 aliphatic heterocycles. The Labute approximate surface area is 300 Å². The highest BCUT2D eigenvalue weighted by atomic mass is 16.3. The standard InChI is InChI=1S/C49H41NO/c1-49(2)45-18-9-8-15-41(45)42-30-28-38(31-46(42)49)50(36-24-19-33(20-25-36)32-11-4-3-5-12-32)37-26-21-35(22-27-37)40-16-10-17-43-44-29-23-34-13-6-7-14-39(34)48(44)51-47(40)43/h6-10,13-32H,3-5,11-12H2,1-2H3. The maximum atomic E-state index is 6.71. The van der Waals surface area contributed by atoms with E-state index >= 15 is 0 Å². The highest BCUT2D eigenvalue weighted by Crippen LogP contribution is 2.51. The molecule has 0 unspecified atom stereocenters. The lowest BCUT2D eigenvalue weighted by atomic mass is 9.82. The second-order valence-electron chi connectivity index (χ2n) is 15.2. The summed E-state index contributed by atoms with van der Waals surface area (Å²) >= 11 is 0. The lowest BCUT2D eigenvalue weighted by Crippen LogP contribution is -2.16. The number of rotatable bonds is 5. The molecule has 2 aliphatic rings. The molecular formula is C49H41NO. The fourth-order valence-electron chi connectivity index (χ4n) is 9.15. The molecule has 1 fully saturated rings. The predicted octanol–water partition coefficient (Wildman–Crippen LogP) is 14.2. The van der Waals surface area contributed by atoms with Crippen molar-refractivity contribution < 1.29 is 4.42 Å². The van der Waals surface area contributed by atoms with Crippen molar-refractivity contribution >= 4 is 49.8 Å². The van der Waals surface area contributed by atoms with Gasteiger partial charge in [-0.3, -0.25) is 0 Å². The fraction of sp³-hybridized carbons (Fsp3) is 0.184. The van der Waals surface area contributed by atoms with Gasteiger partial charge in [0, 0.05) is 44.2 Å². The maximum absolute atomic E-state index is 6.71. The Kier molecular flexibility index (Phi) is 6.96. The van der Waals surface area contributed by atoms with Crippen LogP contribution in [0.3, 0.4) is 0 Å². The Morgan fingerprint density at radius 2 is 1.16 bits per heavy atom. The van der Waals surface area contributed by atoms with Gasteiger partial charge in [0.25, 0.3) is 0 Å². The van der Waals surface area contributed by atoms with Gasteiger partial charge in [0.1, 0.15) is 11.2 Å². The number of furan rings is 1. The van der Waals surface area contributed by atoms with Crippen LogP contribution in [-0.2, 0) is 5.41 Å². The van der Waals surface area contributed by atoms with Crippen molar-refractivity contribution in [3.05, 3.63) is 162 Å². The molecule has 51 heavy (non-hydrogen) atoms. The molecule has 0 atom stereocenters. The maximum Gasteiger partial charge on any atom is 0.143 e. The zero-order valence-corrected chi connectivity index (χ0v) is 29.3. The van der Waals surface area contributed by atoms with Crippen molar-refractivity contribution in [1.82, 2.24) is 0 Å². The van der Waals surface area contributed by atoms with E-state index in [0.717, 1.165) is 44.1 Å². The quantitative estimate of drug-likeness (QED) is 0.183. The van der Waals surface area contributed by atoms with Crippen LogP contribution in [0.5, 0.6) is 0 Å². The van der Waals surface area contributed by atoms with E-state index in [4.69, 9.17) is 4.42 Å². The summed E-state index contributed by atoms with van der Waals surface area (Å²) in [6.07, 6.45) is 6.67. The lowest BCUT2D eigenvalue weighted by Gasteiger charge is -2.29. The van der Waals surface area contributed by atoms with Crippen molar-refractivity contribution in [2.24, 2.45) is 0 Å². The first-order chi connectivity index (χ1) is 25.0. The van der Waals surface area contributed by atoms with Gasteiger partial charge in [-0.15, -0.1) is 0 Å². The number of anilines is 3. The highest BCUT2D eigenvalue weighted by Gasteiger charge is 2.35. The van der Waals surface area contributed by atoms with Crippen molar-refractivity contribution in [1.29, 1.82) is 0 Å². The molecule has 2 nitrogen and oxygen atoms in total. The fourth-order valence-corrected chi connectivity index (χ4v) is 9.15. The van der Waals surface area contributed by atoms with E-state index < -0.39 is 0 Å². The summed E-state index contributed by atoms with van der Waals surface area (Å²) in [6.45, 7) is 4.72. The average molecular weight is 660 g/mol. The van der Waals surface area contributed by atoms with Crippen LogP contribution in [0.4, 0.5) is 17.1 Å². The smallest absolute Gasteiger partial charge is 0.143 e. The number of para-hydroxylation sites is 1. The summed E-state index contributed by atoms with van der Waals surface area (Å²) in [6, 6.07) is 53.8. The van der Waals surface area contributed by atoms with Crippen LogP contribution >= 0.6 is 0 Å². The van der Waals surface area contributed by atoms with E-state index in [1.807, 2.05) is 0 Å². The van der Waals surface area contributed by atoms with Crippen LogP contribution in [0.1, 0.15) is 68.6 Å². The highest BCUT2D eigenvalue weighted by molar-refractivity contribution is 6.17. The van der Waals surface area contributed by atoms with Gasteiger partial charge < -0.3 is 9.32 Å².